The molecule has 0 aromatic carbocycles. The molecule has 1 unspecified atom stereocenters. The SMILES string of the molecule is CN(C)CC1CCCN1Cc1csc(CNC(C)(C)C)n1. The fourth-order valence-corrected chi connectivity index (χ4v) is 3.51. The monoisotopic (exact) mass is 310 g/mol. The highest BCUT2D eigenvalue weighted by atomic mass is 32.1. The molecule has 0 amide bonds. The molecule has 0 spiro atoms. The molecule has 2 rings (SSSR count). The lowest BCUT2D eigenvalue weighted by atomic mass is 10.1. The number of likely N-dealkylation sites (N-methyl/N-ethyl adjacent to an activating group) is 1. The first kappa shape index (κ1) is 16.9. The number of thiazole rings is 1. The van der Waals surface area contributed by atoms with Crippen molar-refractivity contribution in [2.75, 3.05) is 27.2 Å². The Hall–Kier alpha value is -0.490. The summed E-state index contributed by atoms with van der Waals surface area (Å²) in [4.78, 5) is 9.68. The maximum atomic E-state index is 4.79. The first-order valence-corrected chi connectivity index (χ1v) is 8.78. The van der Waals surface area contributed by atoms with Gasteiger partial charge in [-0.25, -0.2) is 4.98 Å². The summed E-state index contributed by atoms with van der Waals surface area (Å²) in [5.74, 6) is 0. The second kappa shape index (κ2) is 7.18. The van der Waals surface area contributed by atoms with Gasteiger partial charge in [0, 0.05) is 36.6 Å². The molecule has 1 aliphatic heterocycles. The summed E-state index contributed by atoms with van der Waals surface area (Å²) < 4.78 is 0. The number of nitrogens with one attached hydrogen (secondary N) is 1. The molecule has 2 heterocycles. The molecule has 1 aromatic rings. The Balaban J connectivity index is 1.87. The molecule has 5 heteroatoms. The molecule has 21 heavy (non-hydrogen) atoms. The van der Waals surface area contributed by atoms with E-state index in [0.29, 0.717) is 6.04 Å². The predicted molar refractivity (Wildman–Crippen MR) is 90.7 cm³/mol. The Morgan fingerprint density at radius 2 is 2.19 bits per heavy atom. The molecular weight excluding hydrogens is 280 g/mol. The summed E-state index contributed by atoms with van der Waals surface area (Å²) in [6, 6.07) is 0.692. The molecule has 0 radical (unpaired) electrons. The quantitative estimate of drug-likeness (QED) is 0.875. The van der Waals surface area contributed by atoms with Crippen LogP contribution in [0, 0.1) is 0 Å². The number of hydrogen-bond donors (Lipinski definition) is 1. The zero-order valence-corrected chi connectivity index (χ0v) is 15.0. The summed E-state index contributed by atoms with van der Waals surface area (Å²) >= 11 is 1.78. The van der Waals surface area contributed by atoms with Crippen LogP contribution >= 0.6 is 11.3 Å². The minimum absolute atomic E-state index is 0.150. The van der Waals surface area contributed by atoms with Crippen LogP contribution < -0.4 is 5.32 Å². The highest BCUT2D eigenvalue weighted by molar-refractivity contribution is 7.09. The van der Waals surface area contributed by atoms with Crippen LogP contribution in [0.3, 0.4) is 0 Å². The summed E-state index contributed by atoms with van der Waals surface area (Å²) in [6.07, 6.45) is 2.64. The molecule has 1 fully saturated rings. The third-order valence-corrected chi connectivity index (χ3v) is 4.71. The highest BCUT2D eigenvalue weighted by Gasteiger charge is 2.25. The van der Waals surface area contributed by atoms with Crippen molar-refractivity contribution in [2.24, 2.45) is 0 Å². The van der Waals surface area contributed by atoms with Gasteiger partial charge in [0.2, 0.25) is 0 Å². The molecule has 1 aliphatic rings. The summed E-state index contributed by atoms with van der Waals surface area (Å²) in [5.41, 5.74) is 1.38. The Labute approximate surface area is 133 Å². The Morgan fingerprint density at radius 1 is 1.43 bits per heavy atom. The summed E-state index contributed by atoms with van der Waals surface area (Å²) in [6.45, 7) is 10.8. The van der Waals surface area contributed by atoms with Crippen LogP contribution in [0.2, 0.25) is 0 Å². The lowest BCUT2D eigenvalue weighted by Crippen LogP contribution is -2.37. The van der Waals surface area contributed by atoms with E-state index >= 15 is 0 Å². The van der Waals surface area contributed by atoms with Crippen molar-refractivity contribution in [3.63, 3.8) is 0 Å². The maximum Gasteiger partial charge on any atom is 0.107 e. The van der Waals surface area contributed by atoms with Crippen LogP contribution in [-0.4, -0.2) is 53.5 Å². The molecule has 1 saturated heterocycles. The Morgan fingerprint density at radius 3 is 2.86 bits per heavy atom. The van der Waals surface area contributed by atoms with Crippen molar-refractivity contribution in [2.45, 2.75) is 58.3 Å². The smallest absolute Gasteiger partial charge is 0.107 e. The van der Waals surface area contributed by atoms with E-state index in [9.17, 15) is 0 Å². The van der Waals surface area contributed by atoms with Gasteiger partial charge >= 0.3 is 0 Å². The first-order valence-electron chi connectivity index (χ1n) is 7.90. The van der Waals surface area contributed by atoms with Gasteiger partial charge in [-0.2, -0.15) is 0 Å². The molecule has 0 bridgehead atoms. The van der Waals surface area contributed by atoms with Crippen LogP contribution in [0.15, 0.2) is 5.38 Å². The number of hydrogen-bond acceptors (Lipinski definition) is 5. The molecule has 1 aromatic heterocycles. The normalized spacial score (nSPS) is 20.6. The molecule has 1 N–H and O–H groups in total. The largest absolute Gasteiger partial charge is 0.308 e. The van der Waals surface area contributed by atoms with Crippen LogP contribution in [0.4, 0.5) is 0 Å². The topological polar surface area (TPSA) is 31.4 Å². The van der Waals surface area contributed by atoms with Crippen LogP contribution in [-0.2, 0) is 13.1 Å². The van der Waals surface area contributed by atoms with Crippen molar-refractivity contribution in [1.82, 2.24) is 20.1 Å². The van der Waals surface area contributed by atoms with Gasteiger partial charge in [0.05, 0.1) is 5.69 Å². The molecule has 0 aliphatic carbocycles. The van der Waals surface area contributed by atoms with Crippen LogP contribution in [0.1, 0.15) is 44.3 Å². The zero-order valence-electron chi connectivity index (χ0n) is 14.1. The van der Waals surface area contributed by atoms with Gasteiger partial charge in [-0.3, -0.25) is 4.90 Å². The fraction of sp³-hybridized carbons (Fsp3) is 0.812. The maximum absolute atomic E-state index is 4.79. The van der Waals surface area contributed by atoms with E-state index in [-0.39, 0.29) is 5.54 Å². The van der Waals surface area contributed by atoms with Gasteiger partial charge in [-0.15, -0.1) is 11.3 Å². The van der Waals surface area contributed by atoms with Gasteiger partial charge in [-0.05, 0) is 54.3 Å². The number of aromatic nitrogens is 1. The van der Waals surface area contributed by atoms with Gasteiger partial charge in [0.25, 0.3) is 0 Å². The number of likely N-dealkylation sites (tertiary alicyclic amines) is 1. The molecular formula is C16H30N4S. The van der Waals surface area contributed by atoms with Crippen molar-refractivity contribution in [3.05, 3.63) is 16.1 Å². The fourth-order valence-electron chi connectivity index (χ4n) is 2.78. The minimum Gasteiger partial charge on any atom is -0.308 e. The van der Waals surface area contributed by atoms with Crippen LogP contribution in [0.25, 0.3) is 0 Å². The Bertz CT molecular complexity index is 436. The van der Waals surface area contributed by atoms with E-state index in [2.05, 4.69) is 55.4 Å². The van der Waals surface area contributed by atoms with E-state index in [0.717, 1.165) is 19.6 Å². The molecule has 4 nitrogen and oxygen atoms in total. The van der Waals surface area contributed by atoms with Crippen molar-refractivity contribution >= 4 is 11.3 Å². The van der Waals surface area contributed by atoms with Gasteiger partial charge in [-0.1, -0.05) is 0 Å². The molecule has 0 saturated carbocycles. The average Bonchev–Trinajstić information content (AvgIpc) is 2.96. The summed E-state index contributed by atoms with van der Waals surface area (Å²) in [7, 11) is 4.32. The highest BCUT2D eigenvalue weighted by Crippen LogP contribution is 2.21. The standard InChI is InChI=1S/C16H30N4S/c1-16(2,3)17-9-15-18-13(12-21-15)10-20-8-6-7-14(20)11-19(4)5/h12,14,17H,6-11H2,1-5H3. The van der Waals surface area contributed by atoms with E-state index in [1.165, 1.54) is 30.1 Å². The van der Waals surface area contributed by atoms with Crippen molar-refractivity contribution in [3.8, 4) is 0 Å². The summed E-state index contributed by atoms with van der Waals surface area (Å²) in [5, 5.41) is 6.93. The minimum atomic E-state index is 0.150. The second-order valence-corrected chi connectivity index (χ2v) is 8.31. The van der Waals surface area contributed by atoms with E-state index in [1.807, 2.05) is 0 Å². The average molecular weight is 311 g/mol. The van der Waals surface area contributed by atoms with Gasteiger partial charge < -0.3 is 10.2 Å². The first-order chi connectivity index (χ1) is 9.83. The lowest BCUT2D eigenvalue weighted by molar-refractivity contribution is 0.199. The number of nitrogens with zero attached hydrogens (tertiary/aromatic N) is 3. The van der Waals surface area contributed by atoms with Gasteiger partial charge in [0.1, 0.15) is 5.01 Å². The third kappa shape index (κ3) is 5.66. The van der Waals surface area contributed by atoms with E-state index in [1.54, 1.807) is 11.3 Å². The van der Waals surface area contributed by atoms with E-state index < -0.39 is 0 Å². The van der Waals surface area contributed by atoms with Gasteiger partial charge in [0.15, 0.2) is 0 Å². The van der Waals surface area contributed by atoms with Crippen LogP contribution in [0.5, 0.6) is 0 Å². The predicted octanol–water partition coefficient (Wildman–Crippen LogP) is 2.56. The van der Waals surface area contributed by atoms with E-state index in [4.69, 9.17) is 4.98 Å². The van der Waals surface area contributed by atoms with Crippen molar-refractivity contribution in [1.29, 1.82) is 0 Å². The lowest BCUT2D eigenvalue weighted by Gasteiger charge is -2.26. The third-order valence-electron chi connectivity index (χ3n) is 3.81. The molecule has 1 atom stereocenters. The molecule has 120 valence electrons. The second-order valence-electron chi connectivity index (χ2n) is 7.36. The Kier molecular flexibility index (Phi) is 5.77. The van der Waals surface area contributed by atoms with Crippen molar-refractivity contribution < 1.29 is 0 Å². The zero-order chi connectivity index (χ0) is 15.5. The number of rotatable bonds is 6.